The van der Waals surface area contributed by atoms with Crippen molar-refractivity contribution < 1.29 is 61.4 Å². The molecule has 0 spiro atoms. The fourth-order valence-corrected chi connectivity index (χ4v) is 5.76. The van der Waals surface area contributed by atoms with Crippen molar-refractivity contribution >= 4 is 45.5 Å². The average Bonchev–Trinajstić information content (AvgIpc) is 2.87. The van der Waals surface area contributed by atoms with Crippen LogP contribution in [0.15, 0.2) is 20.8 Å². The molecule has 1 saturated heterocycles. The maximum absolute atomic E-state index is 12.1. The predicted molar refractivity (Wildman–Crippen MR) is 105 cm³/mol. The Morgan fingerprint density at radius 2 is 1.72 bits per heavy atom. The second-order valence-electron chi connectivity index (χ2n) is 5.98. The van der Waals surface area contributed by atoms with Gasteiger partial charge in [-0.15, -0.1) is 0 Å². The van der Waals surface area contributed by atoms with Gasteiger partial charge in [0.05, 0.1) is 12.2 Å². The highest BCUT2D eigenvalue weighted by molar-refractivity contribution is 9.11. The largest absolute Gasteiger partial charge is 0.490 e. The minimum Gasteiger partial charge on any atom is -0.387 e. The number of aliphatic hydroxyl groups excluding tert-OH is 2. The number of H-pyrrole nitrogens is 1. The van der Waals surface area contributed by atoms with Crippen LogP contribution < -0.4 is 11.2 Å². The lowest BCUT2D eigenvalue weighted by Gasteiger charge is -2.19. The number of hydrogen-bond donors (Lipinski definition) is 7. The molecule has 2 heterocycles. The fourth-order valence-electron chi connectivity index (χ4n) is 2.44. The van der Waals surface area contributed by atoms with Gasteiger partial charge in [0.15, 0.2) is 6.23 Å². The van der Waals surface area contributed by atoms with E-state index in [4.69, 9.17) is 19.4 Å². The molecule has 21 heteroatoms. The van der Waals surface area contributed by atoms with Gasteiger partial charge in [-0.05, 0) is 11.1 Å². The van der Waals surface area contributed by atoms with Crippen molar-refractivity contribution in [1.29, 1.82) is 0 Å². The molecule has 7 N–H and O–H groups in total. The van der Waals surface area contributed by atoms with Crippen LogP contribution in [0.4, 0.5) is 0 Å². The molecule has 1 aliphatic rings. The number of phosphoric acid groups is 3. The lowest BCUT2D eigenvalue weighted by atomic mass is 10.1. The molecule has 0 bridgehead atoms. The maximum Gasteiger partial charge on any atom is 0.490 e. The van der Waals surface area contributed by atoms with Gasteiger partial charge in [0.25, 0.3) is 5.56 Å². The Hall–Kier alpha value is -0.810. The molecular formula is C11H16BrN2O15P3. The molecule has 0 amide bonds. The van der Waals surface area contributed by atoms with Crippen LogP contribution in [0, 0.1) is 0 Å². The van der Waals surface area contributed by atoms with Crippen LogP contribution in [0.1, 0.15) is 11.8 Å². The number of halogens is 1. The van der Waals surface area contributed by atoms with E-state index in [0.29, 0.717) is 0 Å². The molecular weight excluding hydrogens is 573 g/mol. The van der Waals surface area contributed by atoms with Crippen LogP contribution in [-0.4, -0.2) is 64.3 Å². The lowest BCUT2D eigenvalue weighted by molar-refractivity contribution is -0.0542. The van der Waals surface area contributed by atoms with Crippen molar-refractivity contribution in [3.63, 3.8) is 0 Å². The van der Waals surface area contributed by atoms with Gasteiger partial charge in [-0.2, -0.15) is 8.62 Å². The first kappa shape index (κ1) is 27.4. The van der Waals surface area contributed by atoms with Gasteiger partial charge < -0.3 is 34.5 Å². The zero-order valence-electron chi connectivity index (χ0n) is 15.3. The summed E-state index contributed by atoms with van der Waals surface area (Å²) in [5, 5.41) is 20.3. The van der Waals surface area contributed by atoms with E-state index in [1.807, 2.05) is 4.98 Å². The van der Waals surface area contributed by atoms with Gasteiger partial charge in [-0.25, -0.2) is 18.5 Å². The second kappa shape index (κ2) is 10.2. The molecule has 182 valence electrons. The van der Waals surface area contributed by atoms with Crippen LogP contribution in [0.3, 0.4) is 0 Å². The summed E-state index contributed by atoms with van der Waals surface area (Å²) in [6.45, 7) is -1.06. The Morgan fingerprint density at radius 3 is 2.28 bits per heavy atom. The number of nitrogens with one attached hydrogen (secondary N) is 1. The van der Waals surface area contributed by atoms with Crippen LogP contribution in [0.2, 0.25) is 0 Å². The van der Waals surface area contributed by atoms with E-state index >= 15 is 0 Å². The van der Waals surface area contributed by atoms with E-state index < -0.39 is 65.9 Å². The monoisotopic (exact) mass is 588 g/mol. The number of nitrogens with zero attached hydrogens (tertiary/aromatic N) is 1. The smallest absolute Gasteiger partial charge is 0.387 e. The Labute approximate surface area is 185 Å². The van der Waals surface area contributed by atoms with E-state index in [0.717, 1.165) is 10.8 Å². The molecule has 2 unspecified atom stereocenters. The molecule has 32 heavy (non-hydrogen) atoms. The summed E-state index contributed by atoms with van der Waals surface area (Å²) in [4.78, 5) is 62.5. The topological polar surface area (TPSA) is 264 Å². The zero-order valence-corrected chi connectivity index (χ0v) is 19.5. The van der Waals surface area contributed by atoms with E-state index in [-0.39, 0.29) is 5.56 Å². The van der Waals surface area contributed by atoms with E-state index in [1.54, 1.807) is 0 Å². The van der Waals surface area contributed by atoms with Crippen molar-refractivity contribution in [1.82, 2.24) is 9.55 Å². The Kier molecular flexibility index (Phi) is 8.75. The number of rotatable bonds is 9. The maximum atomic E-state index is 12.1. The third-order valence-corrected chi connectivity index (χ3v) is 7.73. The molecule has 1 aromatic heterocycles. The Bertz CT molecular complexity index is 1130. The highest BCUT2D eigenvalue weighted by atomic mass is 79.9. The van der Waals surface area contributed by atoms with Gasteiger partial charge in [0.2, 0.25) is 0 Å². The molecule has 1 aromatic rings. The molecule has 0 aromatic carbocycles. The highest BCUT2D eigenvalue weighted by Gasteiger charge is 2.46. The first-order valence-electron chi connectivity index (χ1n) is 7.97. The highest BCUT2D eigenvalue weighted by Crippen LogP contribution is 2.66. The first-order valence-corrected chi connectivity index (χ1v) is 13.4. The SMILES string of the molecule is O=c1[nH]c(=O)n([C@@H]2O[C@H](COP(=O)(O)OP(=O)(O)OP(=O)(O)O)[C@@H](O)[C@H]2O)cc1/C=C/Br. The van der Waals surface area contributed by atoms with E-state index in [9.17, 15) is 38.4 Å². The van der Waals surface area contributed by atoms with Crippen molar-refractivity contribution in [2.24, 2.45) is 0 Å². The molecule has 6 atom stereocenters. The van der Waals surface area contributed by atoms with Crippen molar-refractivity contribution in [2.45, 2.75) is 24.5 Å². The normalized spacial score (nSPS) is 28.0. The first-order chi connectivity index (χ1) is 14.6. The van der Waals surface area contributed by atoms with Crippen molar-refractivity contribution in [2.75, 3.05) is 6.61 Å². The third-order valence-electron chi connectivity index (χ3n) is 3.67. The van der Waals surface area contributed by atoms with Crippen LogP contribution in [-0.2, 0) is 31.6 Å². The average molecular weight is 589 g/mol. The van der Waals surface area contributed by atoms with Crippen LogP contribution in [0.5, 0.6) is 0 Å². The second-order valence-corrected chi connectivity index (χ2v) is 10.9. The standard InChI is InChI=1S/C11H16BrN2O15P3/c12-2-1-5-3-14(11(18)13-9(5)17)10-8(16)7(15)6(27-10)4-26-31(22,23)29-32(24,25)28-30(19,20)21/h1-3,6-8,10,15-16H,4H2,(H,22,23)(H,24,25)(H,13,17,18)(H2,19,20,21)/b2-1+/t6-,7-,8-,10-/m1/s1. The molecule has 0 radical (unpaired) electrons. The van der Waals surface area contributed by atoms with Gasteiger partial charge in [-0.3, -0.25) is 18.9 Å². The number of aliphatic hydroxyl groups is 2. The summed E-state index contributed by atoms with van der Waals surface area (Å²) < 4.78 is 51.0. The minimum atomic E-state index is -5.75. The lowest BCUT2D eigenvalue weighted by Crippen LogP contribution is -2.38. The van der Waals surface area contributed by atoms with E-state index in [1.165, 1.54) is 11.1 Å². The number of aromatic amines is 1. The molecule has 2 rings (SSSR count). The van der Waals surface area contributed by atoms with Crippen molar-refractivity contribution in [3.05, 3.63) is 37.6 Å². The number of ether oxygens (including phenoxy) is 1. The number of hydrogen-bond acceptors (Lipinski definition) is 11. The third kappa shape index (κ3) is 7.35. The molecule has 17 nitrogen and oxygen atoms in total. The Balaban J connectivity index is 2.14. The predicted octanol–water partition coefficient (Wildman–Crippen LogP) is -1.14. The zero-order chi connectivity index (χ0) is 24.5. The summed E-state index contributed by atoms with van der Waals surface area (Å²) in [5.41, 5.74) is -1.82. The molecule has 1 fully saturated rings. The van der Waals surface area contributed by atoms with Crippen molar-refractivity contribution in [3.8, 4) is 0 Å². The number of phosphoric ester groups is 1. The van der Waals surface area contributed by atoms with Gasteiger partial charge in [-0.1, -0.05) is 15.9 Å². The van der Waals surface area contributed by atoms with Gasteiger partial charge in [0.1, 0.15) is 18.3 Å². The quantitative estimate of drug-likeness (QED) is 0.168. The fraction of sp³-hybridized carbons (Fsp3) is 0.455. The summed E-state index contributed by atoms with van der Waals surface area (Å²) in [6.07, 6.45) is -4.54. The molecule has 0 saturated carbocycles. The summed E-state index contributed by atoms with van der Waals surface area (Å²) in [7, 11) is -16.8. The molecule has 0 aliphatic carbocycles. The Morgan fingerprint density at radius 1 is 1.09 bits per heavy atom. The van der Waals surface area contributed by atoms with Gasteiger partial charge in [0, 0.05) is 6.20 Å². The van der Waals surface area contributed by atoms with E-state index in [2.05, 4.69) is 29.1 Å². The summed E-state index contributed by atoms with van der Waals surface area (Å²) in [5.74, 6) is 0. The summed E-state index contributed by atoms with van der Waals surface area (Å²) >= 11 is 2.94. The van der Waals surface area contributed by atoms with Crippen LogP contribution >= 0.6 is 39.4 Å². The van der Waals surface area contributed by atoms with Gasteiger partial charge >= 0.3 is 29.2 Å². The molecule has 1 aliphatic heterocycles. The van der Waals surface area contributed by atoms with Crippen LogP contribution in [0.25, 0.3) is 6.08 Å². The minimum absolute atomic E-state index is 0.0384. The number of aromatic nitrogens is 2. The summed E-state index contributed by atoms with van der Waals surface area (Å²) in [6, 6.07) is 0.